The van der Waals surface area contributed by atoms with Gasteiger partial charge in [-0.25, -0.2) is 0 Å². The summed E-state index contributed by atoms with van der Waals surface area (Å²) in [5.74, 6) is -0.500. The molecule has 7 heteroatoms. The molecule has 0 saturated carbocycles. The van der Waals surface area contributed by atoms with Crippen molar-refractivity contribution >= 4 is 27.8 Å². The molecule has 0 unspecified atom stereocenters. The molecule has 0 radical (unpaired) electrons. The molecule has 1 amide bonds. The summed E-state index contributed by atoms with van der Waals surface area (Å²) in [7, 11) is 3.22. The normalized spacial score (nSPS) is 10.5. The molecule has 24 heavy (non-hydrogen) atoms. The lowest BCUT2D eigenvalue weighted by atomic mass is 10.1. The lowest BCUT2D eigenvalue weighted by molar-refractivity contribution is -0.136. The summed E-state index contributed by atoms with van der Waals surface area (Å²) in [6.07, 6.45) is 1.07. The van der Waals surface area contributed by atoms with Gasteiger partial charge in [0.15, 0.2) is 0 Å². The summed E-state index contributed by atoms with van der Waals surface area (Å²) in [4.78, 5) is 25.2. The number of halogens is 1. The highest BCUT2D eigenvalue weighted by Crippen LogP contribution is 2.25. The number of aliphatic carboxylic acids is 1. The Morgan fingerprint density at radius 3 is 2.71 bits per heavy atom. The maximum atomic E-state index is 12.7. The van der Waals surface area contributed by atoms with E-state index in [9.17, 15) is 9.59 Å². The molecule has 0 spiro atoms. The van der Waals surface area contributed by atoms with Crippen LogP contribution < -0.4 is 4.74 Å². The molecule has 0 aliphatic heterocycles. The van der Waals surface area contributed by atoms with Crippen LogP contribution in [0, 0.1) is 6.92 Å². The first-order chi connectivity index (χ1) is 11.3. The van der Waals surface area contributed by atoms with Crippen LogP contribution in [0.15, 0.2) is 33.4 Å². The van der Waals surface area contributed by atoms with Crippen LogP contribution in [0.2, 0.25) is 0 Å². The molecule has 0 bridgehead atoms. The number of carboxylic acid groups (broad SMARTS) is 1. The van der Waals surface area contributed by atoms with E-state index in [-0.39, 0.29) is 18.1 Å². The first-order valence-corrected chi connectivity index (χ1v) is 7.99. The maximum Gasteiger partial charge on any atom is 0.311 e. The van der Waals surface area contributed by atoms with Gasteiger partial charge in [-0.2, -0.15) is 0 Å². The zero-order valence-electron chi connectivity index (χ0n) is 13.6. The van der Waals surface area contributed by atoms with Crippen molar-refractivity contribution in [1.29, 1.82) is 0 Å². The van der Waals surface area contributed by atoms with Crippen LogP contribution in [0.25, 0.3) is 0 Å². The third-order valence-corrected chi connectivity index (χ3v) is 4.07. The molecular formula is C17H18BrNO5. The van der Waals surface area contributed by atoms with Gasteiger partial charge >= 0.3 is 5.97 Å². The summed E-state index contributed by atoms with van der Waals surface area (Å²) in [6, 6.07) is 5.55. The van der Waals surface area contributed by atoms with Gasteiger partial charge in [0.2, 0.25) is 0 Å². The number of benzene rings is 1. The quantitative estimate of drug-likeness (QED) is 0.811. The average molecular weight is 396 g/mol. The lowest BCUT2D eigenvalue weighted by Crippen LogP contribution is -2.27. The van der Waals surface area contributed by atoms with Crippen LogP contribution in [-0.4, -0.2) is 36.0 Å². The second kappa shape index (κ2) is 7.53. The van der Waals surface area contributed by atoms with Gasteiger partial charge in [-0.15, -0.1) is 0 Å². The Bertz CT molecular complexity index is 768. The third-order valence-electron chi connectivity index (χ3n) is 3.57. The monoisotopic (exact) mass is 395 g/mol. The first-order valence-electron chi connectivity index (χ1n) is 7.20. The summed E-state index contributed by atoms with van der Waals surface area (Å²) in [6.45, 7) is 2.04. The molecule has 0 saturated heterocycles. The van der Waals surface area contributed by atoms with Gasteiger partial charge in [0, 0.05) is 29.2 Å². The molecular weight excluding hydrogens is 378 g/mol. The number of carbonyl (C=O) groups excluding carboxylic acids is 1. The van der Waals surface area contributed by atoms with Crippen molar-refractivity contribution < 1.29 is 23.8 Å². The number of carboxylic acids is 1. The molecule has 1 aromatic carbocycles. The molecule has 0 aliphatic carbocycles. The molecule has 128 valence electrons. The van der Waals surface area contributed by atoms with Crippen LogP contribution in [0.4, 0.5) is 0 Å². The highest BCUT2D eigenvalue weighted by molar-refractivity contribution is 9.10. The number of hydrogen-bond donors (Lipinski definition) is 1. The van der Waals surface area contributed by atoms with Gasteiger partial charge in [-0.05, 0) is 25.1 Å². The lowest BCUT2D eigenvalue weighted by Gasteiger charge is -2.19. The number of carbonyl (C=O) groups is 2. The Morgan fingerprint density at radius 1 is 1.38 bits per heavy atom. The van der Waals surface area contributed by atoms with E-state index < -0.39 is 5.97 Å². The highest BCUT2D eigenvalue weighted by Gasteiger charge is 2.24. The fourth-order valence-electron chi connectivity index (χ4n) is 2.44. The molecule has 1 heterocycles. The average Bonchev–Trinajstić information content (AvgIpc) is 2.86. The second-order valence-electron chi connectivity index (χ2n) is 5.40. The van der Waals surface area contributed by atoms with E-state index in [4.69, 9.17) is 14.3 Å². The van der Waals surface area contributed by atoms with E-state index in [0.717, 1.165) is 10.0 Å². The van der Waals surface area contributed by atoms with Crippen molar-refractivity contribution in [3.63, 3.8) is 0 Å². The number of rotatable bonds is 6. The fraction of sp³-hybridized carbons (Fsp3) is 0.294. The van der Waals surface area contributed by atoms with Gasteiger partial charge in [-0.1, -0.05) is 15.9 Å². The van der Waals surface area contributed by atoms with E-state index >= 15 is 0 Å². The minimum atomic E-state index is -1.05. The van der Waals surface area contributed by atoms with Gasteiger partial charge in [0.1, 0.15) is 17.9 Å². The number of hydrogen-bond acceptors (Lipinski definition) is 4. The zero-order chi connectivity index (χ0) is 17.9. The second-order valence-corrected chi connectivity index (χ2v) is 6.32. The molecule has 0 atom stereocenters. The Kier molecular flexibility index (Phi) is 5.66. The Hall–Kier alpha value is -2.28. The van der Waals surface area contributed by atoms with E-state index in [1.54, 1.807) is 21.1 Å². The number of ether oxygens (including phenoxy) is 1. The van der Waals surface area contributed by atoms with Crippen molar-refractivity contribution in [3.8, 4) is 5.75 Å². The highest BCUT2D eigenvalue weighted by atomic mass is 79.9. The van der Waals surface area contributed by atoms with Gasteiger partial charge < -0.3 is 19.2 Å². The number of amides is 1. The standard InChI is InChI=1S/C17H18BrNO5/c1-10-9-24-14(7-15(20)21)16(10)17(22)19(2)8-11-6-12(18)4-5-13(11)23-3/h4-6,9H,7-8H2,1-3H3,(H,20,21). The molecule has 0 aliphatic rings. The predicted octanol–water partition coefficient (Wildman–Crippen LogP) is 3.26. The summed E-state index contributed by atoms with van der Waals surface area (Å²) in [5.41, 5.74) is 1.75. The van der Waals surface area contributed by atoms with Crippen molar-refractivity contribution in [2.24, 2.45) is 0 Å². The van der Waals surface area contributed by atoms with E-state index in [2.05, 4.69) is 15.9 Å². The van der Waals surface area contributed by atoms with E-state index in [1.807, 2.05) is 18.2 Å². The topological polar surface area (TPSA) is 80.0 Å². The van der Waals surface area contributed by atoms with Crippen molar-refractivity contribution in [2.75, 3.05) is 14.2 Å². The van der Waals surface area contributed by atoms with E-state index in [1.165, 1.54) is 11.2 Å². The van der Waals surface area contributed by atoms with Crippen LogP contribution in [0.5, 0.6) is 5.75 Å². The molecule has 0 fully saturated rings. The van der Waals surface area contributed by atoms with Gasteiger partial charge in [0.05, 0.1) is 18.9 Å². The Balaban J connectivity index is 2.26. The molecule has 2 rings (SSSR count). The molecule has 2 aromatic rings. The summed E-state index contributed by atoms with van der Waals surface area (Å²) >= 11 is 3.40. The van der Waals surface area contributed by atoms with Gasteiger partial charge in [-0.3, -0.25) is 9.59 Å². The SMILES string of the molecule is COc1ccc(Br)cc1CN(C)C(=O)c1c(C)coc1CC(=O)O. The number of nitrogens with zero attached hydrogens (tertiary/aromatic N) is 1. The number of furan rings is 1. The van der Waals surface area contributed by atoms with Crippen LogP contribution in [0.3, 0.4) is 0 Å². The van der Waals surface area contributed by atoms with Gasteiger partial charge in [0.25, 0.3) is 5.91 Å². The molecule has 1 N–H and O–H groups in total. The van der Waals surface area contributed by atoms with Crippen LogP contribution in [0.1, 0.15) is 27.2 Å². The fourth-order valence-corrected chi connectivity index (χ4v) is 2.85. The summed E-state index contributed by atoms with van der Waals surface area (Å²) < 4.78 is 11.4. The van der Waals surface area contributed by atoms with Crippen LogP contribution in [-0.2, 0) is 17.8 Å². The van der Waals surface area contributed by atoms with E-state index in [0.29, 0.717) is 23.4 Å². The maximum absolute atomic E-state index is 12.7. The molecule has 6 nitrogen and oxygen atoms in total. The predicted molar refractivity (Wildman–Crippen MR) is 91.3 cm³/mol. The Morgan fingerprint density at radius 2 is 2.08 bits per heavy atom. The van der Waals surface area contributed by atoms with Crippen molar-refractivity contribution in [1.82, 2.24) is 4.90 Å². The Labute approximate surface area is 148 Å². The smallest absolute Gasteiger partial charge is 0.311 e. The first kappa shape index (κ1) is 18.1. The van der Waals surface area contributed by atoms with Crippen LogP contribution >= 0.6 is 15.9 Å². The largest absolute Gasteiger partial charge is 0.496 e. The minimum absolute atomic E-state index is 0.165. The zero-order valence-corrected chi connectivity index (χ0v) is 15.2. The molecule has 1 aromatic heterocycles. The van der Waals surface area contributed by atoms with Crippen molar-refractivity contribution in [2.45, 2.75) is 19.9 Å². The van der Waals surface area contributed by atoms with Crippen molar-refractivity contribution in [3.05, 3.63) is 51.4 Å². The summed E-state index contributed by atoms with van der Waals surface area (Å²) in [5, 5.41) is 8.95. The number of methoxy groups -OCH3 is 1. The number of aryl methyl sites for hydroxylation is 1. The minimum Gasteiger partial charge on any atom is -0.496 e. The third kappa shape index (κ3) is 3.97.